The van der Waals surface area contributed by atoms with E-state index in [2.05, 4.69) is 26.1 Å². The third kappa shape index (κ3) is 4.08. The Morgan fingerprint density at radius 1 is 1.13 bits per heavy atom. The molecule has 0 aromatic heterocycles. The van der Waals surface area contributed by atoms with E-state index >= 15 is 0 Å². The fourth-order valence-electron chi connectivity index (χ4n) is 2.42. The van der Waals surface area contributed by atoms with E-state index in [0.717, 1.165) is 16.1 Å². The summed E-state index contributed by atoms with van der Waals surface area (Å²) in [6.45, 7) is 6.39. The fourth-order valence-corrected chi connectivity index (χ4v) is 2.85. The molecular weight excluding hydrogens is 306 g/mol. The quantitative estimate of drug-likeness (QED) is 0.805. The van der Waals surface area contributed by atoms with Gasteiger partial charge in [0.2, 0.25) is 0 Å². The van der Waals surface area contributed by atoms with E-state index in [4.69, 9.17) is 4.74 Å². The number of thioether (sulfide) groups is 1. The summed E-state index contributed by atoms with van der Waals surface area (Å²) in [6.07, 6.45) is 1.99. The Kier molecular flexibility index (Phi) is 5.37. The van der Waals surface area contributed by atoms with Crippen molar-refractivity contribution >= 4 is 23.4 Å². The summed E-state index contributed by atoms with van der Waals surface area (Å²) in [6, 6.07) is 13.5. The second-order valence-electron chi connectivity index (χ2n) is 6.32. The highest BCUT2D eigenvalue weighted by atomic mass is 32.2. The minimum Gasteiger partial charge on any atom is -0.496 e. The first-order valence-electron chi connectivity index (χ1n) is 7.49. The molecule has 0 fully saturated rings. The molecule has 3 nitrogen and oxygen atoms in total. The van der Waals surface area contributed by atoms with Crippen molar-refractivity contribution in [1.82, 2.24) is 0 Å². The Morgan fingerprint density at radius 2 is 1.83 bits per heavy atom. The van der Waals surface area contributed by atoms with Gasteiger partial charge in [-0.2, -0.15) is 0 Å². The van der Waals surface area contributed by atoms with Gasteiger partial charge in [0.1, 0.15) is 5.75 Å². The molecule has 0 heterocycles. The van der Waals surface area contributed by atoms with E-state index < -0.39 is 0 Å². The first-order chi connectivity index (χ1) is 10.9. The fraction of sp³-hybridized carbons (Fsp3) is 0.316. The minimum absolute atomic E-state index is 0.0450. The van der Waals surface area contributed by atoms with Gasteiger partial charge in [-0.05, 0) is 41.5 Å². The number of amides is 1. The van der Waals surface area contributed by atoms with Crippen LogP contribution in [0.4, 0.5) is 5.69 Å². The molecule has 0 aliphatic rings. The van der Waals surface area contributed by atoms with Crippen molar-refractivity contribution in [3.05, 3.63) is 53.6 Å². The van der Waals surface area contributed by atoms with E-state index in [9.17, 15) is 4.79 Å². The van der Waals surface area contributed by atoms with Crippen LogP contribution in [-0.4, -0.2) is 19.3 Å². The van der Waals surface area contributed by atoms with Crippen LogP contribution < -0.4 is 10.1 Å². The molecule has 0 aliphatic heterocycles. The van der Waals surface area contributed by atoms with E-state index in [1.165, 1.54) is 0 Å². The average molecular weight is 329 g/mol. The summed E-state index contributed by atoms with van der Waals surface area (Å²) in [5.74, 6) is 0.425. The molecule has 0 aliphatic carbocycles. The number of methoxy groups -OCH3 is 1. The van der Waals surface area contributed by atoms with Gasteiger partial charge in [0.05, 0.1) is 12.7 Å². The monoisotopic (exact) mass is 329 g/mol. The molecule has 1 amide bonds. The van der Waals surface area contributed by atoms with Gasteiger partial charge in [0, 0.05) is 10.6 Å². The van der Waals surface area contributed by atoms with Crippen LogP contribution in [0, 0.1) is 0 Å². The van der Waals surface area contributed by atoms with Crippen molar-refractivity contribution in [1.29, 1.82) is 0 Å². The van der Waals surface area contributed by atoms with Crippen molar-refractivity contribution in [3.63, 3.8) is 0 Å². The summed E-state index contributed by atoms with van der Waals surface area (Å²) in [5, 5.41) is 3.02. The molecule has 1 N–H and O–H groups in total. The van der Waals surface area contributed by atoms with Crippen LogP contribution in [0.15, 0.2) is 47.4 Å². The average Bonchev–Trinajstić information content (AvgIpc) is 2.53. The third-order valence-electron chi connectivity index (χ3n) is 3.64. The van der Waals surface area contributed by atoms with Crippen molar-refractivity contribution < 1.29 is 9.53 Å². The maximum Gasteiger partial charge on any atom is 0.259 e. The zero-order valence-electron chi connectivity index (χ0n) is 14.3. The first kappa shape index (κ1) is 17.4. The zero-order chi connectivity index (χ0) is 17.0. The van der Waals surface area contributed by atoms with Crippen LogP contribution in [0.3, 0.4) is 0 Å². The van der Waals surface area contributed by atoms with Crippen molar-refractivity contribution in [3.8, 4) is 5.75 Å². The van der Waals surface area contributed by atoms with Gasteiger partial charge < -0.3 is 10.1 Å². The van der Waals surface area contributed by atoms with Crippen LogP contribution in [0.5, 0.6) is 5.75 Å². The van der Waals surface area contributed by atoms with E-state index in [1.54, 1.807) is 24.9 Å². The maximum atomic E-state index is 12.7. The molecule has 0 spiro atoms. The molecule has 0 bridgehead atoms. The number of benzene rings is 2. The third-order valence-corrected chi connectivity index (χ3v) is 4.36. The molecule has 0 unspecified atom stereocenters. The van der Waals surface area contributed by atoms with Crippen molar-refractivity contribution in [2.45, 2.75) is 31.1 Å². The second-order valence-corrected chi connectivity index (χ2v) is 7.20. The van der Waals surface area contributed by atoms with Gasteiger partial charge >= 0.3 is 0 Å². The number of hydrogen-bond acceptors (Lipinski definition) is 3. The lowest BCUT2D eigenvalue weighted by Gasteiger charge is -2.23. The van der Waals surface area contributed by atoms with Crippen LogP contribution in [0.1, 0.15) is 36.7 Å². The molecular formula is C19H23NO2S. The number of carbonyl (C=O) groups excluding carboxylic acids is 1. The minimum atomic E-state index is -0.161. The molecule has 0 saturated carbocycles. The Labute approximate surface area is 142 Å². The predicted octanol–water partition coefficient (Wildman–Crippen LogP) is 4.97. The SMILES string of the molecule is COc1cc(SC)ccc1C(=O)Nc1ccccc1C(C)(C)C. The number of anilines is 1. The summed E-state index contributed by atoms with van der Waals surface area (Å²) in [4.78, 5) is 13.7. The van der Waals surface area contributed by atoms with E-state index in [0.29, 0.717) is 11.3 Å². The van der Waals surface area contributed by atoms with Gasteiger partial charge in [0.15, 0.2) is 0 Å². The Hall–Kier alpha value is -1.94. The van der Waals surface area contributed by atoms with Crippen LogP contribution in [-0.2, 0) is 5.41 Å². The van der Waals surface area contributed by atoms with Gasteiger partial charge in [-0.15, -0.1) is 11.8 Å². The molecule has 0 atom stereocenters. The summed E-state index contributed by atoms with van der Waals surface area (Å²) in [5.41, 5.74) is 2.43. The molecule has 23 heavy (non-hydrogen) atoms. The molecule has 4 heteroatoms. The standard InChI is InChI=1S/C19H23NO2S/c1-19(2,3)15-8-6-7-9-16(15)20-18(21)14-11-10-13(23-5)12-17(14)22-4/h6-12H,1-5H3,(H,20,21). The lowest BCUT2D eigenvalue weighted by Crippen LogP contribution is -2.19. The van der Waals surface area contributed by atoms with Crippen LogP contribution >= 0.6 is 11.8 Å². The highest BCUT2D eigenvalue weighted by molar-refractivity contribution is 7.98. The molecule has 0 radical (unpaired) electrons. The number of hydrogen-bond donors (Lipinski definition) is 1. The maximum absolute atomic E-state index is 12.7. The second kappa shape index (κ2) is 7.09. The first-order valence-corrected chi connectivity index (χ1v) is 8.72. The van der Waals surface area contributed by atoms with Crippen molar-refractivity contribution in [2.75, 3.05) is 18.7 Å². The predicted molar refractivity (Wildman–Crippen MR) is 97.9 cm³/mol. The number of rotatable bonds is 4. The number of ether oxygens (including phenoxy) is 1. The van der Waals surface area contributed by atoms with Gasteiger partial charge in [-0.1, -0.05) is 39.0 Å². The highest BCUT2D eigenvalue weighted by Crippen LogP contribution is 2.31. The topological polar surface area (TPSA) is 38.3 Å². The van der Waals surface area contributed by atoms with Crippen LogP contribution in [0.25, 0.3) is 0 Å². The normalized spacial score (nSPS) is 11.2. The van der Waals surface area contributed by atoms with Crippen molar-refractivity contribution in [2.24, 2.45) is 0 Å². The number of nitrogens with one attached hydrogen (secondary N) is 1. The lowest BCUT2D eigenvalue weighted by atomic mass is 9.86. The summed E-state index contributed by atoms with van der Waals surface area (Å²) < 4.78 is 5.37. The number of carbonyl (C=O) groups is 1. The number of para-hydroxylation sites is 1. The van der Waals surface area contributed by atoms with E-state index in [-0.39, 0.29) is 11.3 Å². The summed E-state index contributed by atoms with van der Waals surface area (Å²) >= 11 is 1.62. The van der Waals surface area contributed by atoms with Gasteiger partial charge in [-0.3, -0.25) is 4.79 Å². The highest BCUT2D eigenvalue weighted by Gasteiger charge is 2.20. The smallest absolute Gasteiger partial charge is 0.259 e. The molecule has 122 valence electrons. The molecule has 2 aromatic carbocycles. The zero-order valence-corrected chi connectivity index (χ0v) is 15.1. The van der Waals surface area contributed by atoms with Crippen LogP contribution in [0.2, 0.25) is 0 Å². The molecule has 2 aromatic rings. The largest absolute Gasteiger partial charge is 0.496 e. The van der Waals surface area contributed by atoms with Gasteiger partial charge in [-0.25, -0.2) is 0 Å². The summed E-state index contributed by atoms with van der Waals surface area (Å²) in [7, 11) is 1.58. The Morgan fingerprint density at radius 3 is 2.43 bits per heavy atom. The van der Waals surface area contributed by atoms with E-state index in [1.807, 2.05) is 42.7 Å². The Balaban J connectivity index is 2.34. The molecule has 2 rings (SSSR count). The molecule has 0 saturated heterocycles. The Bertz CT molecular complexity index is 705. The van der Waals surface area contributed by atoms with Gasteiger partial charge in [0.25, 0.3) is 5.91 Å². The lowest BCUT2D eigenvalue weighted by molar-refractivity contribution is 0.102.